The highest BCUT2D eigenvalue weighted by Crippen LogP contribution is 2.44. The van der Waals surface area contributed by atoms with E-state index in [-0.39, 0.29) is 26.8 Å². The molecule has 0 N–H and O–H groups in total. The summed E-state index contributed by atoms with van der Waals surface area (Å²) in [5.74, 6) is -0.110. The van der Waals surface area contributed by atoms with Crippen molar-refractivity contribution in [1.82, 2.24) is 4.98 Å². The van der Waals surface area contributed by atoms with E-state index < -0.39 is 17.9 Å². The summed E-state index contributed by atoms with van der Waals surface area (Å²) in [4.78, 5) is 46.0. The van der Waals surface area contributed by atoms with Crippen LogP contribution in [0.5, 0.6) is 11.5 Å². The molecular weight excluding hydrogens is 496 g/mol. The number of carbonyl (C=O) groups is 2. The second-order valence-corrected chi connectivity index (χ2v) is 9.20. The van der Waals surface area contributed by atoms with E-state index in [2.05, 4.69) is 4.98 Å². The molecule has 2 aromatic carbocycles. The van der Waals surface area contributed by atoms with Crippen LogP contribution in [0.2, 0.25) is 0 Å². The molecule has 190 valence electrons. The van der Waals surface area contributed by atoms with E-state index >= 15 is 0 Å². The number of ether oxygens (including phenoxy) is 3. The molecule has 1 amide bonds. The van der Waals surface area contributed by atoms with E-state index in [1.54, 1.807) is 49.4 Å². The molecule has 1 atom stereocenters. The average Bonchev–Trinajstić information content (AvgIpc) is 3.42. The number of amides is 1. The lowest BCUT2D eigenvalue weighted by molar-refractivity contribution is 0.0605. The first-order valence-corrected chi connectivity index (χ1v) is 12.6. The Hall–Kier alpha value is -4.18. The van der Waals surface area contributed by atoms with Gasteiger partial charge >= 0.3 is 5.97 Å². The van der Waals surface area contributed by atoms with Crippen molar-refractivity contribution in [1.29, 1.82) is 0 Å². The van der Waals surface area contributed by atoms with Crippen LogP contribution in [0.4, 0.5) is 5.13 Å². The molecule has 0 aliphatic carbocycles. The largest absolute Gasteiger partial charge is 0.490 e. The van der Waals surface area contributed by atoms with Gasteiger partial charge in [-0.1, -0.05) is 29.5 Å². The molecule has 1 aliphatic rings. The predicted molar refractivity (Wildman–Crippen MR) is 138 cm³/mol. The molecule has 0 unspecified atom stereocenters. The third-order valence-electron chi connectivity index (χ3n) is 6.02. The van der Waals surface area contributed by atoms with E-state index in [0.29, 0.717) is 46.9 Å². The summed E-state index contributed by atoms with van der Waals surface area (Å²) in [6.07, 6.45) is 0. The summed E-state index contributed by atoms with van der Waals surface area (Å²) in [6, 6.07) is 11.2. The number of aromatic nitrogens is 1. The maximum absolute atomic E-state index is 13.8. The molecule has 2 aromatic heterocycles. The van der Waals surface area contributed by atoms with Gasteiger partial charge < -0.3 is 18.6 Å². The molecule has 9 nitrogen and oxygen atoms in total. The zero-order valence-corrected chi connectivity index (χ0v) is 21.5. The first-order chi connectivity index (χ1) is 17.9. The SMILES string of the molecule is CCOc1ccc([C@@H]2c3c(oc4ccccc4c3=O)C(=O)N2c2nc(C)c(C(=O)OC)s2)cc1OCC. The van der Waals surface area contributed by atoms with E-state index in [4.69, 9.17) is 18.6 Å². The first-order valence-electron chi connectivity index (χ1n) is 11.7. The van der Waals surface area contributed by atoms with Gasteiger partial charge in [0.25, 0.3) is 5.91 Å². The Morgan fingerprint density at radius 3 is 2.54 bits per heavy atom. The van der Waals surface area contributed by atoms with Crippen LogP contribution in [-0.2, 0) is 4.74 Å². The van der Waals surface area contributed by atoms with Crippen molar-refractivity contribution in [3.05, 3.63) is 80.1 Å². The molecule has 5 rings (SSSR count). The van der Waals surface area contributed by atoms with E-state index in [9.17, 15) is 14.4 Å². The molecule has 4 aromatic rings. The Labute approximate surface area is 216 Å². The van der Waals surface area contributed by atoms with Gasteiger partial charge in [0.2, 0.25) is 5.76 Å². The Morgan fingerprint density at radius 1 is 1.08 bits per heavy atom. The van der Waals surface area contributed by atoms with Crippen LogP contribution in [-0.4, -0.2) is 37.2 Å². The minimum atomic E-state index is -0.866. The normalized spacial score (nSPS) is 14.6. The molecule has 3 heterocycles. The highest BCUT2D eigenvalue weighted by molar-refractivity contribution is 7.17. The van der Waals surface area contributed by atoms with Crippen molar-refractivity contribution in [2.24, 2.45) is 0 Å². The van der Waals surface area contributed by atoms with Gasteiger partial charge in [-0.2, -0.15) is 0 Å². The molecule has 0 fully saturated rings. The van der Waals surface area contributed by atoms with Crippen LogP contribution in [0.1, 0.15) is 56.9 Å². The molecule has 37 heavy (non-hydrogen) atoms. The van der Waals surface area contributed by atoms with Gasteiger partial charge in [-0.05, 0) is 50.6 Å². The molecule has 0 saturated carbocycles. The Balaban J connectivity index is 1.76. The van der Waals surface area contributed by atoms with Gasteiger partial charge in [-0.3, -0.25) is 14.5 Å². The minimum Gasteiger partial charge on any atom is -0.490 e. The first kappa shape index (κ1) is 24.5. The smallest absolute Gasteiger partial charge is 0.350 e. The molecular formula is C27H24N2O7S. The van der Waals surface area contributed by atoms with E-state index in [1.807, 2.05) is 13.8 Å². The van der Waals surface area contributed by atoms with Crippen molar-refractivity contribution in [2.45, 2.75) is 26.8 Å². The number of methoxy groups -OCH3 is 1. The molecule has 0 saturated heterocycles. The number of aryl methyl sites for hydroxylation is 1. The lowest BCUT2D eigenvalue weighted by atomic mass is 9.98. The topological polar surface area (TPSA) is 108 Å². The van der Waals surface area contributed by atoms with Gasteiger partial charge in [0.1, 0.15) is 10.5 Å². The Kier molecular flexibility index (Phi) is 6.43. The number of benzene rings is 2. The molecule has 10 heteroatoms. The van der Waals surface area contributed by atoms with Crippen LogP contribution in [0.15, 0.2) is 51.7 Å². The van der Waals surface area contributed by atoms with Crippen LogP contribution in [0.25, 0.3) is 11.0 Å². The summed E-state index contributed by atoms with van der Waals surface area (Å²) >= 11 is 1.02. The third kappa shape index (κ3) is 4.03. The van der Waals surface area contributed by atoms with E-state index in [0.717, 1.165) is 11.3 Å². The number of fused-ring (bicyclic) bond motifs is 2. The molecule has 0 spiro atoms. The lowest BCUT2D eigenvalue weighted by Crippen LogP contribution is -2.29. The zero-order chi connectivity index (χ0) is 26.3. The van der Waals surface area contributed by atoms with Crippen molar-refractivity contribution in [3.63, 3.8) is 0 Å². The highest BCUT2D eigenvalue weighted by atomic mass is 32.1. The van der Waals surface area contributed by atoms with Crippen molar-refractivity contribution < 1.29 is 28.2 Å². The second-order valence-electron chi connectivity index (χ2n) is 8.22. The summed E-state index contributed by atoms with van der Waals surface area (Å²) in [5.41, 5.74) is 1.22. The Bertz CT molecular complexity index is 1590. The van der Waals surface area contributed by atoms with Crippen molar-refractivity contribution in [2.75, 3.05) is 25.2 Å². The summed E-state index contributed by atoms with van der Waals surface area (Å²) in [6.45, 7) is 6.24. The fourth-order valence-electron chi connectivity index (χ4n) is 4.44. The number of rotatable bonds is 7. The standard InChI is InChI=1S/C27H24N2O7S/c1-5-34-18-12-11-15(13-19(18)35-6-2)21-20-22(30)16-9-7-8-10-17(16)36-23(20)25(31)29(21)27-28-14(3)24(37-27)26(32)33-4/h7-13,21H,5-6H2,1-4H3/t21-/m1/s1. The fourth-order valence-corrected chi connectivity index (χ4v) is 5.45. The number of para-hydroxylation sites is 1. The minimum absolute atomic E-state index is 0.0620. The highest BCUT2D eigenvalue weighted by Gasteiger charge is 2.45. The summed E-state index contributed by atoms with van der Waals surface area (Å²) in [5, 5.41) is 0.608. The van der Waals surface area contributed by atoms with Gasteiger partial charge in [-0.15, -0.1) is 0 Å². The van der Waals surface area contributed by atoms with Crippen LogP contribution in [0.3, 0.4) is 0 Å². The van der Waals surface area contributed by atoms with Crippen molar-refractivity contribution >= 4 is 39.3 Å². The number of carbonyl (C=O) groups excluding carboxylic acids is 2. The average molecular weight is 521 g/mol. The van der Waals surface area contributed by atoms with Gasteiger partial charge in [0.15, 0.2) is 22.1 Å². The third-order valence-corrected chi connectivity index (χ3v) is 7.16. The number of anilines is 1. The quantitative estimate of drug-likeness (QED) is 0.317. The van der Waals surface area contributed by atoms with Gasteiger partial charge in [0.05, 0.1) is 43.0 Å². The maximum Gasteiger partial charge on any atom is 0.350 e. The van der Waals surface area contributed by atoms with Gasteiger partial charge in [-0.25, -0.2) is 9.78 Å². The van der Waals surface area contributed by atoms with Crippen molar-refractivity contribution in [3.8, 4) is 11.5 Å². The van der Waals surface area contributed by atoms with Crippen LogP contribution in [0, 0.1) is 6.92 Å². The predicted octanol–water partition coefficient (Wildman–Crippen LogP) is 4.89. The lowest BCUT2D eigenvalue weighted by Gasteiger charge is -2.23. The maximum atomic E-state index is 13.8. The molecule has 1 aliphatic heterocycles. The number of hydrogen-bond donors (Lipinski definition) is 0. The van der Waals surface area contributed by atoms with Crippen LogP contribution < -0.4 is 19.8 Å². The number of thiazole rings is 1. The zero-order valence-electron chi connectivity index (χ0n) is 20.7. The number of esters is 1. The number of hydrogen-bond acceptors (Lipinski definition) is 9. The molecule has 0 bridgehead atoms. The summed E-state index contributed by atoms with van der Waals surface area (Å²) in [7, 11) is 1.28. The Morgan fingerprint density at radius 2 is 1.81 bits per heavy atom. The summed E-state index contributed by atoms with van der Waals surface area (Å²) < 4.78 is 22.4. The number of nitrogens with zero attached hydrogens (tertiary/aromatic N) is 2. The van der Waals surface area contributed by atoms with Crippen LogP contribution >= 0.6 is 11.3 Å². The van der Waals surface area contributed by atoms with Gasteiger partial charge in [0, 0.05) is 0 Å². The second kappa shape index (κ2) is 9.70. The monoisotopic (exact) mass is 520 g/mol. The molecule has 0 radical (unpaired) electrons. The fraction of sp³-hybridized carbons (Fsp3) is 0.259. The van der Waals surface area contributed by atoms with E-state index in [1.165, 1.54) is 12.0 Å².